The molecular weight excluding hydrogens is 294 g/mol. The van der Waals surface area contributed by atoms with Crippen molar-refractivity contribution in [3.63, 3.8) is 0 Å². The van der Waals surface area contributed by atoms with E-state index < -0.39 is 0 Å². The number of aryl methyl sites for hydroxylation is 2. The Balaban J connectivity index is 1.53. The smallest absolute Gasteiger partial charge is 0.110 e. The maximum atomic E-state index is 9.59. The van der Waals surface area contributed by atoms with Gasteiger partial charge in [0.25, 0.3) is 0 Å². The fraction of sp³-hybridized carbons (Fsp3) is 0.529. The van der Waals surface area contributed by atoms with Crippen LogP contribution in [0.5, 0.6) is 0 Å². The number of aromatic nitrogens is 2. The first-order valence-electron chi connectivity index (χ1n) is 7.99. The number of hydrogen-bond donors (Lipinski definition) is 2. The second-order valence-electron chi connectivity index (χ2n) is 5.98. The van der Waals surface area contributed by atoms with Gasteiger partial charge >= 0.3 is 0 Å². The summed E-state index contributed by atoms with van der Waals surface area (Å²) in [5.41, 5.74) is 2.34. The molecule has 0 amide bonds. The Kier molecular flexibility index (Phi) is 5.18. The lowest BCUT2D eigenvalue weighted by Crippen LogP contribution is -2.29. The molecule has 2 unspecified atom stereocenters. The molecule has 1 aliphatic carbocycles. The number of rotatable bonds is 7. The molecule has 5 heteroatoms. The summed E-state index contributed by atoms with van der Waals surface area (Å²) >= 11 is 1.84. The van der Waals surface area contributed by atoms with Crippen LogP contribution in [-0.2, 0) is 19.3 Å². The number of aliphatic hydroxyl groups is 1. The van der Waals surface area contributed by atoms with E-state index in [0.29, 0.717) is 0 Å². The molecule has 22 heavy (non-hydrogen) atoms. The van der Waals surface area contributed by atoms with Crippen molar-refractivity contribution < 1.29 is 5.11 Å². The first-order chi connectivity index (χ1) is 10.8. The van der Waals surface area contributed by atoms with Gasteiger partial charge in [0.05, 0.1) is 11.7 Å². The van der Waals surface area contributed by atoms with Crippen LogP contribution in [0.1, 0.15) is 40.7 Å². The minimum Gasteiger partial charge on any atom is -0.396 e. The number of thiazole rings is 1. The lowest BCUT2D eigenvalue weighted by atomic mass is 10.0. The first kappa shape index (κ1) is 15.6. The molecule has 2 heterocycles. The Labute approximate surface area is 135 Å². The van der Waals surface area contributed by atoms with Crippen LogP contribution < -0.4 is 5.32 Å². The molecule has 2 atom stereocenters. The van der Waals surface area contributed by atoms with Crippen LogP contribution in [0.3, 0.4) is 0 Å². The van der Waals surface area contributed by atoms with Gasteiger partial charge in [0, 0.05) is 29.9 Å². The predicted octanol–water partition coefficient (Wildman–Crippen LogP) is 2.53. The maximum absolute atomic E-state index is 9.59. The molecule has 118 valence electrons. The number of aliphatic hydroxyl groups excluding tert-OH is 1. The summed E-state index contributed by atoms with van der Waals surface area (Å²) in [7, 11) is 0. The van der Waals surface area contributed by atoms with Crippen molar-refractivity contribution >= 4 is 11.3 Å². The molecule has 0 aliphatic heterocycles. The highest BCUT2D eigenvalue weighted by atomic mass is 32.1. The standard InChI is InChI=1S/C17H23N3OS/c1-12(17-20-15-6-4-7-16(15)22-17)19-10-13(11-21)9-14-5-2-3-8-18-14/h2-3,5,8,12-13,19,21H,4,6-7,9-11H2,1H3. The van der Waals surface area contributed by atoms with Gasteiger partial charge in [-0.05, 0) is 50.7 Å². The fourth-order valence-electron chi connectivity index (χ4n) is 2.84. The molecule has 2 aromatic heterocycles. The summed E-state index contributed by atoms with van der Waals surface area (Å²) in [6, 6.07) is 6.16. The molecule has 3 rings (SSSR count). The van der Waals surface area contributed by atoms with E-state index >= 15 is 0 Å². The van der Waals surface area contributed by atoms with Crippen molar-refractivity contribution in [3.05, 3.63) is 45.7 Å². The van der Waals surface area contributed by atoms with E-state index in [9.17, 15) is 5.11 Å². The van der Waals surface area contributed by atoms with Crippen molar-refractivity contribution in [1.29, 1.82) is 0 Å². The van der Waals surface area contributed by atoms with Crippen molar-refractivity contribution in [2.75, 3.05) is 13.2 Å². The van der Waals surface area contributed by atoms with Gasteiger partial charge in [0.1, 0.15) is 5.01 Å². The highest BCUT2D eigenvalue weighted by molar-refractivity contribution is 7.11. The molecule has 0 bridgehead atoms. The second kappa shape index (κ2) is 7.31. The van der Waals surface area contributed by atoms with E-state index in [1.807, 2.05) is 29.5 Å². The lowest BCUT2D eigenvalue weighted by Gasteiger charge is -2.18. The Hall–Kier alpha value is -1.30. The number of fused-ring (bicyclic) bond motifs is 1. The SMILES string of the molecule is CC(NCC(CO)Cc1ccccn1)c1nc2c(s1)CCC2. The van der Waals surface area contributed by atoms with Gasteiger partial charge in [-0.15, -0.1) is 11.3 Å². The third kappa shape index (κ3) is 3.72. The van der Waals surface area contributed by atoms with Gasteiger partial charge in [-0.3, -0.25) is 4.98 Å². The predicted molar refractivity (Wildman–Crippen MR) is 89.1 cm³/mol. The van der Waals surface area contributed by atoms with Crippen LogP contribution in [0, 0.1) is 5.92 Å². The molecule has 2 N–H and O–H groups in total. The zero-order valence-corrected chi connectivity index (χ0v) is 13.8. The van der Waals surface area contributed by atoms with Crippen molar-refractivity contribution in [3.8, 4) is 0 Å². The van der Waals surface area contributed by atoms with Crippen LogP contribution in [0.2, 0.25) is 0 Å². The minimum atomic E-state index is 0.171. The van der Waals surface area contributed by atoms with Crippen LogP contribution in [0.4, 0.5) is 0 Å². The van der Waals surface area contributed by atoms with E-state index in [0.717, 1.165) is 25.1 Å². The molecule has 1 aliphatic rings. The van der Waals surface area contributed by atoms with Gasteiger partial charge < -0.3 is 10.4 Å². The van der Waals surface area contributed by atoms with Crippen molar-refractivity contribution in [1.82, 2.24) is 15.3 Å². The summed E-state index contributed by atoms with van der Waals surface area (Å²) < 4.78 is 0. The molecule has 0 radical (unpaired) electrons. The maximum Gasteiger partial charge on any atom is 0.110 e. The lowest BCUT2D eigenvalue weighted by molar-refractivity contribution is 0.218. The van der Waals surface area contributed by atoms with E-state index in [1.165, 1.54) is 28.4 Å². The zero-order chi connectivity index (χ0) is 15.4. The van der Waals surface area contributed by atoms with E-state index in [2.05, 4.69) is 17.2 Å². The summed E-state index contributed by atoms with van der Waals surface area (Å²) in [5.74, 6) is 0.184. The van der Waals surface area contributed by atoms with Gasteiger partial charge in [0.15, 0.2) is 0 Å². The number of pyridine rings is 1. The average Bonchev–Trinajstić information content (AvgIpc) is 3.13. The van der Waals surface area contributed by atoms with E-state index in [1.54, 1.807) is 6.20 Å². The Morgan fingerprint density at radius 3 is 3.00 bits per heavy atom. The normalized spacial score (nSPS) is 16.5. The van der Waals surface area contributed by atoms with E-state index in [4.69, 9.17) is 4.98 Å². The zero-order valence-electron chi connectivity index (χ0n) is 13.0. The highest BCUT2D eigenvalue weighted by Gasteiger charge is 2.20. The minimum absolute atomic E-state index is 0.171. The molecule has 0 saturated carbocycles. The van der Waals surface area contributed by atoms with Crippen LogP contribution in [0.15, 0.2) is 24.4 Å². The summed E-state index contributed by atoms with van der Waals surface area (Å²) in [6.07, 6.45) is 6.19. The largest absolute Gasteiger partial charge is 0.396 e. The van der Waals surface area contributed by atoms with Crippen LogP contribution in [0.25, 0.3) is 0 Å². The molecule has 0 spiro atoms. The average molecular weight is 317 g/mol. The van der Waals surface area contributed by atoms with Gasteiger partial charge in [-0.2, -0.15) is 0 Å². The molecule has 0 aromatic carbocycles. The molecule has 4 nitrogen and oxygen atoms in total. The Bertz CT molecular complexity index is 578. The second-order valence-corrected chi connectivity index (χ2v) is 7.09. The molecule has 0 fully saturated rings. The molecular formula is C17H23N3OS. The molecule has 0 saturated heterocycles. The van der Waals surface area contributed by atoms with Gasteiger partial charge in [-0.25, -0.2) is 4.98 Å². The van der Waals surface area contributed by atoms with E-state index in [-0.39, 0.29) is 18.6 Å². The summed E-state index contributed by atoms with van der Waals surface area (Å²) in [6.45, 7) is 3.10. The topological polar surface area (TPSA) is 58.0 Å². The van der Waals surface area contributed by atoms with Crippen molar-refractivity contribution in [2.45, 2.75) is 38.6 Å². The number of nitrogens with one attached hydrogen (secondary N) is 1. The summed E-state index contributed by atoms with van der Waals surface area (Å²) in [4.78, 5) is 10.6. The quantitative estimate of drug-likeness (QED) is 0.824. The Morgan fingerprint density at radius 2 is 2.27 bits per heavy atom. The highest BCUT2D eigenvalue weighted by Crippen LogP contribution is 2.30. The molecule has 2 aromatic rings. The third-order valence-corrected chi connectivity index (χ3v) is 5.52. The van der Waals surface area contributed by atoms with Gasteiger partial charge in [-0.1, -0.05) is 6.07 Å². The van der Waals surface area contributed by atoms with Gasteiger partial charge in [0.2, 0.25) is 0 Å². The Morgan fingerprint density at radius 1 is 1.36 bits per heavy atom. The number of nitrogens with zero attached hydrogens (tertiary/aromatic N) is 2. The number of hydrogen-bond acceptors (Lipinski definition) is 5. The first-order valence-corrected chi connectivity index (χ1v) is 8.80. The van der Waals surface area contributed by atoms with Crippen LogP contribution >= 0.6 is 11.3 Å². The van der Waals surface area contributed by atoms with Crippen molar-refractivity contribution in [2.24, 2.45) is 5.92 Å². The third-order valence-electron chi connectivity index (χ3n) is 4.18. The van der Waals surface area contributed by atoms with Crippen LogP contribution in [-0.4, -0.2) is 28.2 Å². The monoisotopic (exact) mass is 317 g/mol. The fourth-order valence-corrected chi connectivity index (χ4v) is 4.02. The summed E-state index contributed by atoms with van der Waals surface area (Å²) in [5, 5.41) is 14.3.